The molecular formula is C26H32N2O4. The summed E-state index contributed by atoms with van der Waals surface area (Å²) in [6.45, 7) is 5.81. The summed E-state index contributed by atoms with van der Waals surface area (Å²) in [5.41, 5.74) is 3.84. The fourth-order valence-electron chi connectivity index (χ4n) is 4.35. The van der Waals surface area contributed by atoms with Gasteiger partial charge in [-0.25, -0.2) is 4.98 Å². The second-order valence-corrected chi connectivity index (χ2v) is 8.80. The molecule has 4 rings (SSSR count). The number of pyridine rings is 1. The van der Waals surface area contributed by atoms with Crippen LogP contribution in [-0.4, -0.2) is 44.6 Å². The van der Waals surface area contributed by atoms with Gasteiger partial charge in [0.2, 0.25) is 0 Å². The van der Waals surface area contributed by atoms with Gasteiger partial charge in [-0.05, 0) is 68.7 Å². The van der Waals surface area contributed by atoms with Crippen LogP contribution < -0.4 is 19.5 Å². The zero-order valence-electron chi connectivity index (χ0n) is 19.5. The maximum atomic E-state index is 5.88. The lowest BCUT2D eigenvalue weighted by atomic mass is 9.93. The van der Waals surface area contributed by atoms with Crippen LogP contribution in [0.5, 0.6) is 17.2 Å². The van der Waals surface area contributed by atoms with Gasteiger partial charge in [-0.15, -0.1) is 0 Å². The summed E-state index contributed by atoms with van der Waals surface area (Å²) >= 11 is 0. The van der Waals surface area contributed by atoms with Crippen molar-refractivity contribution < 1.29 is 18.9 Å². The van der Waals surface area contributed by atoms with Crippen molar-refractivity contribution in [2.45, 2.75) is 44.9 Å². The summed E-state index contributed by atoms with van der Waals surface area (Å²) in [5, 5.41) is 4.82. The van der Waals surface area contributed by atoms with E-state index in [2.05, 4.69) is 31.3 Å². The van der Waals surface area contributed by atoms with Gasteiger partial charge in [0.15, 0.2) is 11.5 Å². The van der Waals surface area contributed by atoms with Gasteiger partial charge in [0, 0.05) is 36.2 Å². The Labute approximate surface area is 189 Å². The van der Waals surface area contributed by atoms with Crippen molar-refractivity contribution in [2.24, 2.45) is 0 Å². The molecule has 170 valence electrons. The zero-order chi connectivity index (χ0) is 22.7. The first-order valence-electron chi connectivity index (χ1n) is 11.0. The number of benzene rings is 2. The average molecular weight is 437 g/mol. The molecule has 1 aliphatic heterocycles. The van der Waals surface area contributed by atoms with Crippen LogP contribution in [0.1, 0.15) is 32.3 Å². The number of aromatic nitrogens is 1. The zero-order valence-corrected chi connectivity index (χ0v) is 19.5. The summed E-state index contributed by atoms with van der Waals surface area (Å²) in [6.07, 6.45) is 1.99. The molecule has 0 unspecified atom stereocenters. The minimum Gasteiger partial charge on any atom is -0.497 e. The molecule has 1 N–H and O–H groups in total. The van der Waals surface area contributed by atoms with Gasteiger partial charge >= 0.3 is 0 Å². The van der Waals surface area contributed by atoms with Crippen molar-refractivity contribution in [1.29, 1.82) is 0 Å². The van der Waals surface area contributed by atoms with E-state index >= 15 is 0 Å². The fourth-order valence-corrected chi connectivity index (χ4v) is 4.35. The Hall–Kier alpha value is -2.83. The number of fused-ring (bicyclic) bond motifs is 1. The van der Waals surface area contributed by atoms with Crippen LogP contribution in [0.25, 0.3) is 22.2 Å². The first-order valence-corrected chi connectivity index (χ1v) is 11.0. The second-order valence-electron chi connectivity index (χ2n) is 8.80. The second kappa shape index (κ2) is 9.35. The number of hydrogen-bond acceptors (Lipinski definition) is 6. The molecule has 2 aromatic carbocycles. The largest absolute Gasteiger partial charge is 0.497 e. The molecule has 0 bridgehead atoms. The first kappa shape index (κ1) is 22.4. The minimum absolute atomic E-state index is 0.0969. The van der Waals surface area contributed by atoms with Gasteiger partial charge in [-0.1, -0.05) is 0 Å². The molecule has 2 heterocycles. The number of nitrogens with one attached hydrogen (secondary N) is 1. The highest BCUT2D eigenvalue weighted by Crippen LogP contribution is 2.35. The van der Waals surface area contributed by atoms with Gasteiger partial charge in [-0.3, -0.25) is 0 Å². The summed E-state index contributed by atoms with van der Waals surface area (Å²) in [5.74, 6) is 2.17. The highest BCUT2D eigenvalue weighted by Gasteiger charge is 2.28. The third kappa shape index (κ3) is 4.81. The van der Waals surface area contributed by atoms with Crippen LogP contribution in [0, 0.1) is 0 Å². The lowest BCUT2D eigenvalue weighted by Gasteiger charge is -2.36. The Morgan fingerprint density at radius 1 is 1.00 bits per heavy atom. The van der Waals surface area contributed by atoms with Crippen LogP contribution in [0.4, 0.5) is 0 Å². The SMILES string of the molecule is COc1ccc2cc(CN[C@H]3CCOC(C)(C)C3)c(-c3ccc(OC)c(OC)c3)nc2c1. The van der Waals surface area contributed by atoms with E-state index in [9.17, 15) is 0 Å². The quantitative estimate of drug-likeness (QED) is 0.564. The van der Waals surface area contributed by atoms with E-state index in [1.807, 2.05) is 30.3 Å². The molecule has 1 aromatic heterocycles. The van der Waals surface area contributed by atoms with Crippen LogP contribution in [0.15, 0.2) is 42.5 Å². The predicted octanol–water partition coefficient (Wildman–Crippen LogP) is 4.97. The maximum absolute atomic E-state index is 5.88. The molecule has 1 aliphatic rings. The summed E-state index contributed by atoms with van der Waals surface area (Å²) in [7, 11) is 4.96. The highest BCUT2D eigenvalue weighted by molar-refractivity contribution is 5.85. The van der Waals surface area contributed by atoms with E-state index in [0.717, 1.165) is 59.5 Å². The summed E-state index contributed by atoms with van der Waals surface area (Å²) in [6, 6.07) is 14.5. The van der Waals surface area contributed by atoms with E-state index < -0.39 is 0 Å². The molecular weight excluding hydrogens is 404 g/mol. The molecule has 0 amide bonds. The van der Waals surface area contributed by atoms with Crippen molar-refractivity contribution >= 4 is 10.9 Å². The Morgan fingerprint density at radius 3 is 2.53 bits per heavy atom. The fraction of sp³-hybridized carbons (Fsp3) is 0.423. The molecule has 0 radical (unpaired) electrons. The van der Waals surface area contributed by atoms with Crippen molar-refractivity contribution in [3.63, 3.8) is 0 Å². The smallest absolute Gasteiger partial charge is 0.161 e. The maximum Gasteiger partial charge on any atom is 0.161 e. The average Bonchev–Trinajstić information content (AvgIpc) is 2.80. The molecule has 0 spiro atoms. The molecule has 1 saturated heterocycles. The van der Waals surface area contributed by atoms with E-state index in [-0.39, 0.29) is 5.60 Å². The molecule has 32 heavy (non-hydrogen) atoms. The highest BCUT2D eigenvalue weighted by atomic mass is 16.5. The first-order chi connectivity index (χ1) is 15.4. The molecule has 1 fully saturated rings. The topological polar surface area (TPSA) is 61.8 Å². The van der Waals surface area contributed by atoms with E-state index in [1.54, 1.807) is 21.3 Å². The van der Waals surface area contributed by atoms with Crippen molar-refractivity contribution in [3.05, 3.63) is 48.0 Å². The number of hydrogen-bond donors (Lipinski definition) is 1. The predicted molar refractivity (Wildman–Crippen MR) is 127 cm³/mol. The minimum atomic E-state index is -0.0969. The Morgan fingerprint density at radius 2 is 1.81 bits per heavy atom. The molecule has 3 aromatic rings. The lowest BCUT2D eigenvalue weighted by molar-refractivity contribution is -0.0630. The monoisotopic (exact) mass is 436 g/mol. The Kier molecular flexibility index (Phi) is 6.53. The molecule has 1 atom stereocenters. The number of methoxy groups -OCH3 is 3. The van der Waals surface area contributed by atoms with Crippen LogP contribution in [0.2, 0.25) is 0 Å². The van der Waals surface area contributed by atoms with Gasteiger partial charge in [-0.2, -0.15) is 0 Å². The third-order valence-corrected chi connectivity index (χ3v) is 6.04. The lowest BCUT2D eigenvalue weighted by Crippen LogP contribution is -2.43. The van der Waals surface area contributed by atoms with Crippen LogP contribution in [0.3, 0.4) is 0 Å². The van der Waals surface area contributed by atoms with Crippen molar-refractivity contribution in [3.8, 4) is 28.5 Å². The summed E-state index contributed by atoms with van der Waals surface area (Å²) < 4.78 is 22.2. The number of ether oxygens (including phenoxy) is 4. The van der Waals surface area contributed by atoms with Gasteiger partial charge in [0.1, 0.15) is 5.75 Å². The third-order valence-electron chi connectivity index (χ3n) is 6.04. The standard InChI is InChI=1S/C26H32N2O4/c1-26(2)15-20(10-11-32-26)27-16-19-12-17-6-8-21(29-3)14-22(17)28-25(19)18-7-9-23(30-4)24(13-18)31-5/h6-9,12-14,20,27H,10-11,15-16H2,1-5H3/t20-/m0/s1. The van der Waals surface area contributed by atoms with Crippen LogP contribution in [-0.2, 0) is 11.3 Å². The molecule has 6 heteroatoms. The van der Waals surface area contributed by atoms with Crippen molar-refractivity contribution in [2.75, 3.05) is 27.9 Å². The van der Waals surface area contributed by atoms with E-state index in [0.29, 0.717) is 17.5 Å². The number of nitrogens with zero attached hydrogens (tertiary/aromatic N) is 1. The summed E-state index contributed by atoms with van der Waals surface area (Å²) in [4.78, 5) is 5.04. The van der Waals surface area contributed by atoms with Crippen LogP contribution >= 0.6 is 0 Å². The molecule has 0 saturated carbocycles. The van der Waals surface area contributed by atoms with Gasteiger partial charge in [0.05, 0.1) is 38.1 Å². The molecule has 6 nitrogen and oxygen atoms in total. The van der Waals surface area contributed by atoms with Gasteiger partial charge < -0.3 is 24.3 Å². The Bertz CT molecular complexity index is 1100. The van der Waals surface area contributed by atoms with E-state index in [4.69, 9.17) is 23.9 Å². The van der Waals surface area contributed by atoms with Gasteiger partial charge in [0.25, 0.3) is 0 Å². The Balaban J connectivity index is 1.73. The number of rotatable bonds is 7. The van der Waals surface area contributed by atoms with E-state index in [1.165, 1.54) is 0 Å². The molecule has 0 aliphatic carbocycles. The van der Waals surface area contributed by atoms with Crippen molar-refractivity contribution in [1.82, 2.24) is 10.3 Å². The normalized spacial score (nSPS) is 17.8.